The monoisotopic (exact) mass is 761 g/mol. The third-order valence-electron chi connectivity index (χ3n) is 8.25. The van der Waals surface area contributed by atoms with E-state index in [2.05, 4.69) is 0 Å². The number of esters is 1. The zero-order chi connectivity index (χ0) is 38.1. The average molecular weight is 762 g/mol. The number of hydrogen-bond donors (Lipinski definition) is 1. The summed E-state index contributed by atoms with van der Waals surface area (Å²) in [5.41, 5.74) is 0.870. The number of sulfone groups is 1. The van der Waals surface area contributed by atoms with Crippen LogP contribution in [0, 0.1) is 5.82 Å². The van der Waals surface area contributed by atoms with Crippen molar-refractivity contribution in [1.29, 1.82) is 0 Å². The van der Waals surface area contributed by atoms with Gasteiger partial charge < -0.3 is 14.6 Å². The maximum atomic E-state index is 15.2. The molecule has 14 heteroatoms. The van der Waals surface area contributed by atoms with Gasteiger partial charge in [-0.05, 0) is 42.2 Å². The number of carbonyl (C=O) groups is 2. The molecule has 0 spiro atoms. The highest BCUT2D eigenvalue weighted by Crippen LogP contribution is 2.37. The molecule has 1 atom stereocenters. The van der Waals surface area contributed by atoms with Crippen molar-refractivity contribution in [2.75, 3.05) is 19.4 Å². The lowest BCUT2D eigenvalue weighted by atomic mass is 9.90. The van der Waals surface area contributed by atoms with Crippen LogP contribution in [0.25, 0.3) is 0 Å². The Morgan fingerprint density at radius 3 is 2.12 bits per heavy atom. The molecule has 0 bridgehead atoms. The fraction of sp³-hybridized carbons (Fsp3) is 0.263. The minimum atomic E-state index is -4.65. The Bertz CT molecular complexity index is 1950. The van der Waals surface area contributed by atoms with E-state index in [0.717, 1.165) is 35.6 Å². The van der Waals surface area contributed by atoms with Crippen LogP contribution in [0.3, 0.4) is 0 Å². The molecule has 4 rings (SSSR count). The molecule has 0 saturated carbocycles. The van der Waals surface area contributed by atoms with Crippen molar-refractivity contribution in [3.63, 3.8) is 0 Å². The second-order valence-electron chi connectivity index (χ2n) is 12.0. The molecule has 0 radical (unpaired) electrons. The molecule has 0 fully saturated rings. The van der Waals surface area contributed by atoms with Crippen LogP contribution in [-0.2, 0) is 43.5 Å². The second-order valence-corrected chi connectivity index (χ2v) is 14.4. The van der Waals surface area contributed by atoms with Gasteiger partial charge in [0, 0.05) is 55.1 Å². The van der Waals surface area contributed by atoms with Gasteiger partial charge in [0.1, 0.15) is 18.2 Å². The van der Waals surface area contributed by atoms with E-state index >= 15 is 4.39 Å². The Balaban J connectivity index is 1.59. The quantitative estimate of drug-likeness (QED) is 0.0694. The Labute approximate surface area is 304 Å². The molecular weight excluding hydrogens is 726 g/mol. The van der Waals surface area contributed by atoms with E-state index in [-0.39, 0.29) is 42.8 Å². The maximum absolute atomic E-state index is 15.2. The zero-order valence-electron chi connectivity index (χ0n) is 28.1. The van der Waals surface area contributed by atoms with Crippen LogP contribution in [-0.4, -0.2) is 55.8 Å². The lowest BCUT2D eigenvalue weighted by Gasteiger charge is -2.34. The molecule has 0 aliphatic rings. The molecule has 0 aliphatic heterocycles. The Kier molecular flexibility index (Phi) is 13.6. The first kappa shape index (κ1) is 40.1. The second kappa shape index (κ2) is 17.7. The van der Waals surface area contributed by atoms with Gasteiger partial charge in [0.2, 0.25) is 0 Å². The smallest absolute Gasteiger partial charge is 0.417 e. The molecule has 4 aromatic rings. The Morgan fingerprint density at radius 1 is 0.942 bits per heavy atom. The highest BCUT2D eigenvalue weighted by Gasteiger charge is 2.34. The Hall–Kier alpha value is -4.72. The van der Waals surface area contributed by atoms with Crippen molar-refractivity contribution < 1.29 is 50.1 Å². The topological polar surface area (TPSA) is 110 Å². The fourth-order valence-corrected chi connectivity index (χ4v) is 6.78. The number of alkyl halides is 3. The van der Waals surface area contributed by atoms with Crippen molar-refractivity contribution in [3.8, 4) is 5.75 Å². The van der Waals surface area contributed by atoms with Crippen LogP contribution in [0.1, 0.15) is 47.1 Å². The van der Waals surface area contributed by atoms with E-state index in [4.69, 9.17) is 26.2 Å². The number of hydrogen-bond acceptors (Lipinski definition) is 7. The first-order valence-corrected chi connectivity index (χ1v) is 18.2. The van der Waals surface area contributed by atoms with Gasteiger partial charge in [-0.25, -0.2) is 22.4 Å². The summed E-state index contributed by atoms with van der Waals surface area (Å²) >= 11 is 6.33. The molecule has 4 aromatic carbocycles. The third kappa shape index (κ3) is 11.1. The number of rotatable bonds is 16. The lowest BCUT2D eigenvalue weighted by molar-refractivity contribution is -0.140. The standard InChI is InChI=1S/C38H36ClF4NO7S/c1-25(18-19-50-29-20-33(40)31(34(21-29)52(2,48)49)24-51-36(47)17-16-35(45)46)44(22-28-14-9-15-32(37(28)39)38(41,42)43)23-30(26-10-5-3-6-11-26)27-12-7-4-8-13-27/h3-17,20-21,25,30H,18-19,22-24H2,1-2H3,(H,45,46)/t25-/m1/s1. The number of carboxylic acids is 1. The summed E-state index contributed by atoms with van der Waals surface area (Å²) in [5.74, 6) is -3.86. The summed E-state index contributed by atoms with van der Waals surface area (Å²) in [6, 6.07) is 24.8. The number of halogens is 5. The summed E-state index contributed by atoms with van der Waals surface area (Å²) in [4.78, 5) is 24.0. The summed E-state index contributed by atoms with van der Waals surface area (Å²) in [6.07, 6.45) is -2.39. The minimum Gasteiger partial charge on any atom is -0.493 e. The normalized spacial score (nSPS) is 12.7. The SMILES string of the molecule is C[C@H](CCOc1cc(F)c(COC(=O)C=CC(=O)O)c(S(C)(=O)=O)c1)N(Cc1cccc(C(F)(F)F)c1Cl)CC(c1ccccc1)c1ccccc1. The van der Waals surface area contributed by atoms with Crippen LogP contribution in [0.4, 0.5) is 17.6 Å². The largest absolute Gasteiger partial charge is 0.493 e. The summed E-state index contributed by atoms with van der Waals surface area (Å²) in [7, 11) is -4.05. The zero-order valence-corrected chi connectivity index (χ0v) is 29.7. The van der Waals surface area contributed by atoms with Crippen molar-refractivity contribution in [3.05, 3.63) is 142 Å². The predicted octanol–water partition coefficient (Wildman–Crippen LogP) is 8.08. The number of ether oxygens (including phenoxy) is 2. The van der Waals surface area contributed by atoms with E-state index in [1.54, 1.807) is 6.07 Å². The van der Waals surface area contributed by atoms with Gasteiger partial charge in [-0.2, -0.15) is 13.2 Å². The number of carbonyl (C=O) groups excluding carboxylic acids is 1. The number of carboxylic acid groups (broad SMARTS) is 1. The van der Waals surface area contributed by atoms with Gasteiger partial charge in [-0.1, -0.05) is 84.4 Å². The van der Waals surface area contributed by atoms with Gasteiger partial charge in [-0.15, -0.1) is 0 Å². The van der Waals surface area contributed by atoms with Crippen molar-refractivity contribution in [2.24, 2.45) is 0 Å². The summed E-state index contributed by atoms with van der Waals surface area (Å²) in [5, 5.41) is 8.27. The lowest BCUT2D eigenvalue weighted by Crippen LogP contribution is -2.37. The highest BCUT2D eigenvalue weighted by atomic mass is 35.5. The first-order valence-electron chi connectivity index (χ1n) is 16.0. The highest BCUT2D eigenvalue weighted by molar-refractivity contribution is 7.90. The van der Waals surface area contributed by atoms with E-state index < -0.39 is 61.4 Å². The molecule has 0 aromatic heterocycles. The molecular formula is C38H36ClF4NO7S. The van der Waals surface area contributed by atoms with Gasteiger partial charge >= 0.3 is 18.1 Å². The van der Waals surface area contributed by atoms with Crippen LogP contribution < -0.4 is 4.74 Å². The molecule has 0 amide bonds. The van der Waals surface area contributed by atoms with Gasteiger partial charge in [0.05, 0.1) is 22.1 Å². The van der Waals surface area contributed by atoms with Crippen LogP contribution >= 0.6 is 11.6 Å². The van der Waals surface area contributed by atoms with Gasteiger partial charge in [-0.3, -0.25) is 4.90 Å². The molecule has 276 valence electrons. The van der Waals surface area contributed by atoms with E-state index in [1.807, 2.05) is 72.5 Å². The molecule has 0 saturated heterocycles. The van der Waals surface area contributed by atoms with Crippen molar-refractivity contribution >= 4 is 33.4 Å². The number of aliphatic carboxylic acids is 1. The predicted molar refractivity (Wildman–Crippen MR) is 187 cm³/mol. The fourth-order valence-electron chi connectivity index (χ4n) is 5.55. The van der Waals surface area contributed by atoms with E-state index in [9.17, 15) is 31.2 Å². The molecule has 8 nitrogen and oxygen atoms in total. The molecule has 0 unspecified atom stereocenters. The van der Waals surface area contributed by atoms with Crippen LogP contribution in [0.15, 0.2) is 108 Å². The number of benzene rings is 4. The molecule has 0 aliphatic carbocycles. The van der Waals surface area contributed by atoms with E-state index in [0.29, 0.717) is 18.7 Å². The molecule has 52 heavy (non-hydrogen) atoms. The summed E-state index contributed by atoms with van der Waals surface area (Å²) in [6.45, 7) is 1.49. The maximum Gasteiger partial charge on any atom is 0.417 e. The third-order valence-corrected chi connectivity index (χ3v) is 9.86. The van der Waals surface area contributed by atoms with Crippen LogP contribution in [0.5, 0.6) is 5.75 Å². The van der Waals surface area contributed by atoms with E-state index in [1.165, 1.54) is 6.07 Å². The van der Waals surface area contributed by atoms with Gasteiger partial charge in [0.15, 0.2) is 9.84 Å². The van der Waals surface area contributed by atoms with Crippen LogP contribution in [0.2, 0.25) is 5.02 Å². The van der Waals surface area contributed by atoms with Crippen molar-refractivity contribution in [1.82, 2.24) is 4.90 Å². The average Bonchev–Trinajstić information content (AvgIpc) is 3.09. The van der Waals surface area contributed by atoms with Crippen molar-refractivity contribution in [2.45, 2.75) is 49.5 Å². The minimum absolute atomic E-state index is 0.0354. The molecule has 1 N–H and O–H groups in total. The van der Waals surface area contributed by atoms with Gasteiger partial charge in [0.25, 0.3) is 0 Å². The molecule has 0 heterocycles. The first-order chi connectivity index (χ1) is 24.5. The summed E-state index contributed by atoms with van der Waals surface area (Å²) < 4.78 is 92.3. The Morgan fingerprint density at radius 2 is 1.56 bits per heavy atom. The number of nitrogens with zero attached hydrogens (tertiary/aromatic N) is 1.